The lowest BCUT2D eigenvalue weighted by Gasteiger charge is -2.31. The van der Waals surface area contributed by atoms with Gasteiger partial charge < -0.3 is 4.74 Å². The predicted molar refractivity (Wildman–Crippen MR) is 232 cm³/mol. The summed E-state index contributed by atoms with van der Waals surface area (Å²) in [6.07, 6.45) is 4.71. The van der Waals surface area contributed by atoms with Gasteiger partial charge in [-0.2, -0.15) is 5.10 Å². The van der Waals surface area contributed by atoms with Gasteiger partial charge in [0, 0.05) is 35.8 Å². The van der Waals surface area contributed by atoms with Gasteiger partial charge in [0.05, 0.1) is 56.1 Å². The minimum atomic E-state index is -4.19. The van der Waals surface area contributed by atoms with Crippen LogP contribution in [0.1, 0.15) is 75.0 Å². The van der Waals surface area contributed by atoms with Gasteiger partial charge >= 0.3 is 5.97 Å². The molecular formula is C45H50FN5O7S3. The van der Waals surface area contributed by atoms with Crippen LogP contribution in [-0.2, 0) is 65.5 Å². The van der Waals surface area contributed by atoms with Crippen molar-refractivity contribution in [1.29, 1.82) is 0 Å². The minimum absolute atomic E-state index is 0.00136. The zero-order valence-corrected chi connectivity index (χ0v) is 37.8. The number of aromatic nitrogens is 5. The van der Waals surface area contributed by atoms with Crippen molar-refractivity contribution in [3.8, 4) is 11.5 Å². The van der Waals surface area contributed by atoms with Crippen LogP contribution in [0.15, 0.2) is 99.9 Å². The van der Waals surface area contributed by atoms with Crippen molar-refractivity contribution in [3.05, 3.63) is 119 Å². The van der Waals surface area contributed by atoms with E-state index < -0.39 is 47.3 Å². The second kappa shape index (κ2) is 16.7. The van der Waals surface area contributed by atoms with E-state index >= 15 is 4.39 Å². The Kier molecular flexibility index (Phi) is 12.0. The molecule has 12 nitrogen and oxygen atoms in total. The van der Waals surface area contributed by atoms with Crippen molar-refractivity contribution in [2.45, 2.75) is 86.8 Å². The summed E-state index contributed by atoms with van der Waals surface area (Å²) in [4.78, 5) is 21.8. The first-order valence-corrected chi connectivity index (χ1v) is 24.5. The lowest BCUT2D eigenvalue weighted by atomic mass is 9.75. The number of carbonyl (C=O) groups is 1. The standard InChI is InChI=1S/C45H50FN5O7S3/c1-29-12-14-34(15-13-29)61(56,57)51-22-17-35-36-18-23-60(54,55)28-44(3,4)19-9-20-45(5,32-11-8-10-31(25-32)24-30(2)42(52)58-7)43-48-41(50(6)49-43)38-26-33(16-21-47-38)59(53)40(36)37(46)27-39(35)51/h8,10-17,21-22,25-27,30H,9,18-20,23-24,28H2,1-7H3/t30-,45+,59?/m0/s1. The molecule has 322 valence electrons. The second-order valence-corrected chi connectivity index (χ2v) is 22.5. The lowest BCUT2D eigenvalue weighted by Crippen LogP contribution is -2.29. The third kappa shape index (κ3) is 8.85. The largest absolute Gasteiger partial charge is 0.469 e. The van der Waals surface area contributed by atoms with Gasteiger partial charge in [-0.05, 0) is 92.0 Å². The van der Waals surface area contributed by atoms with E-state index in [4.69, 9.17) is 14.8 Å². The Hall–Kier alpha value is -5.06. The van der Waals surface area contributed by atoms with Crippen molar-refractivity contribution >= 4 is 47.5 Å². The van der Waals surface area contributed by atoms with E-state index in [0.29, 0.717) is 43.0 Å². The molecule has 0 radical (unpaired) electrons. The van der Waals surface area contributed by atoms with Crippen LogP contribution in [0.3, 0.4) is 0 Å². The number of fused-ring (bicyclic) bond motifs is 8. The number of methoxy groups -OCH3 is 1. The third-order valence-electron chi connectivity index (χ3n) is 11.7. The molecule has 0 saturated carbocycles. The molecule has 0 N–H and O–H groups in total. The van der Waals surface area contributed by atoms with Crippen molar-refractivity contribution in [3.63, 3.8) is 0 Å². The first-order chi connectivity index (χ1) is 28.7. The Labute approximate surface area is 359 Å². The number of rotatable bonds is 6. The summed E-state index contributed by atoms with van der Waals surface area (Å²) in [5, 5.41) is 5.18. The number of hydrogen-bond acceptors (Lipinski definition) is 10. The Morgan fingerprint density at radius 3 is 2.49 bits per heavy atom. The third-order valence-corrected chi connectivity index (χ3v) is 16.9. The maximum absolute atomic E-state index is 16.7. The number of pyridine rings is 1. The van der Waals surface area contributed by atoms with Gasteiger partial charge in [0.15, 0.2) is 21.5 Å². The zero-order chi connectivity index (χ0) is 44.1. The molecule has 3 atom stereocenters. The molecular weight excluding hydrogens is 838 g/mol. The van der Waals surface area contributed by atoms with Crippen LogP contribution in [0.4, 0.5) is 4.39 Å². The van der Waals surface area contributed by atoms with Crippen molar-refractivity contribution in [2.75, 3.05) is 18.6 Å². The summed E-state index contributed by atoms with van der Waals surface area (Å²) in [5.41, 5.74) is 1.75. The summed E-state index contributed by atoms with van der Waals surface area (Å²) in [6, 6.07) is 19.8. The van der Waals surface area contributed by atoms with Crippen LogP contribution in [0.25, 0.3) is 22.4 Å². The smallest absolute Gasteiger partial charge is 0.308 e. The molecule has 0 amide bonds. The van der Waals surface area contributed by atoms with Crippen LogP contribution in [0.2, 0.25) is 0 Å². The van der Waals surface area contributed by atoms with Crippen molar-refractivity contribution < 1.29 is 35.0 Å². The fourth-order valence-electron chi connectivity index (χ4n) is 8.35. The molecule has 0 saturated heterocycles. The number of ether oxygens (including phenoxy) is 1. The van der Waals surface area contributed by atoms with Gasteiger partial charge in [-0.25, -0.2) is 39.1 Å². The van der Waals surface area contributed by atoms with Crippen LogP contribution in [0.5, 0.6) is 0 Å². The highest BCUT2D eigenvalue weighted by atomic mass is 32.2. The van der Waals surface area contributed by atoms with E-state index in [0.717, 1.165) is 26.7 Å². The van der Waals surface area contributed by atoms with E-state index in [2.05, 4.69) is 11.9 Å². The normalized spacial score (nSPS) is 20.0. The Morgan fingerprint density at radius 1 is 1.03 bits per heavy atom. The molecule has 3 aromatic heterocycles. The van der Waals surface area contributed by atoms with Gasteiger partial charge in [-0.3, -0.25) is 9.78 Å². The number of carbonyl (C=O) groups excluding carboxylic acids is 1. The van der Waals surface area contributed by atoms with E-state index in [1.165, 1.54) is 43.8 Å². The van der Waals surface area contributed by atoms with E-state index in [1.807, 2.05) is 52.0 Å². The minimum Gasteiger partial charge on any atom is -0.469 e. The van der Waals surface area contributed by atoms with Crippen LogP contribution >= 0.6 is 0 Å². The number of sulfone groups is 1. The summed E-state index contributed by atoms with van der Waals surface area (Å²) in [6.45, 7) is 9.51. The van der Waals surface area contributed by atoms with Gasteiger partial charge in [0.1, 0.15) is 11.5 Å². The van der Waals surface area contributed by atoms with Crippen LogP contribution < -0.4 is 0 Å². The highest BCUT2D eigenvalue weighted by Gasteiger charge is 2.37. The van der Waals surface area contributed by atoms with Crippen LogP contribution in [0, 0.1) is 24.1 Å². The quantitative estimate of drug-likeness (QED) is 0.153. The highest BCUT2D eigenvalue weighted by Crippen LogP contribution is 2.40. The summed E-state index contributed by atoms with van der Waals surface area (Å²) >= 11 is 0. The average Bonchev–Trinajstić information content (AvgIpc) is 3.83. The molecule has 0 fully saturated rings. The molecule has 0 aliphatic carbocycles. The van der Waals surface area contributed by atoms with E-state index in [-0.39, 0.29) is 61.0 Å². The zero-order valence-electron chi connectivity index (χ0n) is 35.3. The SMILES string of the molecule is COC(=O)[C@@H](C)Cc1cccc([C@@]2(C)CCCC(C)(C)CS(=O)(=O)CCc3c(c(F)cc4c3ccn4S(=O)(=O)c3ccc(C)cc3)S(=O)c3ccnc(c3)-c3nc2nn3C)c1. The summed E-state index contributed by atoms with van der Waals surface area (Å²) in [7, 11) is -7.10. The molecule has 1 aliphatic heterocycles. The van der Waals surface area contributed by atoms with E-state index in [9.17, 15) is 25.8 Å². The van der Waals surface area contributed by atoms with Crippen molar-refractivity contribution in [2.24, 2.45) is 18.4 Å². The van der Waals surface area contributed by atoms with Gasteiger partial charge in [-0.1, -0.05) is 69.2 Å². The first kappa shape index (κ1) is 44.0. The van der Waals surface area contributed by atoms with Crippen molar-refractivity contribution in [1.82, 2.24) is 23.7 Å². The molecule has 1 unspecified atom stereocenters. The average molecular weight is 888 g/mol. The lowest BCUT2D eigenvalue weighted by molar-refractivity contribution is -0.144. The highest BCUT2D eigenvalue weighted by molar-refractivity contribution is 7.91. The fraction of sp³-hybridized carbons (Fsp3) is 0.378. The van der Waals surface area contributed by atoms with Gasteiger partial charge in [0.25, 0.3) is 10.0 Å². The Balaban J connectivity index is 1.37. The summed E-state index contributed by atoms with van der Waals surface area (Å²) < 4.78 is 94.8. The van der Waals surface area contributed by atoms with E-state index in [1.54, 1.807) is 29.9 Å². The number of esters is 1. The van der Waals surface area contributed by atoms with Gasteiger partial charge in [0.2, 0.25) is 0 Å². The topological polar surface area (TPSA) is 160 Å². The molecule has 4 bridgehead atoms. The number of benzene rings is 3. The Bertz CT molecular complexity index is 2910. The number of halogens is 1. The molecule has 4 heterocycles. The first-order valence-electron chi connectivity index (χ1n) is 20.0. The molecule has 0 spiro atoms. The summed E-state index contributed by atoms with van der Waals surface area (Å²) in [5.74, 6) is -1.28. The molecule has 61 heavy (non-hydrogen) atoms. The molecule has 3 aromatic carbocycles. The Morgan fingerprint density at radius 2 is 1.77 bits per heavy atom. The number of hydrogen-bond donors (Lipinski definition) is 0. The van der Waals surface area contributed by atoms with Crippen LogP contribution in [-0.4, -0.2) is 69.4 Å². The molecule has 6 aromatic rings. The monoisotopic (exact) mass is 887 g/mol. The molecule has 16 heteroatoms. The maximum Gasteiger partial charge on any atom is 0.308 e. The fourth-order valence-corrected chi connectivity index (χ4v) is 13.0. The second-order valence-electron chi connectivity index (χ2n) is 17.1. The number of nitrogens with zero attached hydrogens (tertiary/aromatic N) is 5. The number of aryl methyl sites for hydroxylation is 3. The van der Waals surface area contributed by atoms with Gasteiger partial charge in [-0.15, -0.1) is 0 Å². The molecule has 7 rings (SSSR count). The maximum atomic E-state index is 16.7. The molecule has 1 aliphatic rings. The predicted octanol–water partition coefficient (Wildman–Crippen LogP) is 7.51.